The zero-order valence-electron chi connectivity index (χ0n) is 12.5. The van der Waals surface area contributed by atoms with Crippen molar-refractivity contribution in [2.45, 2.75) is 31.6 Å². The predicted octanol–water partition coefficient (Wildman–Crippen LogP) is 1.76. The number of hydrogen-bond donors (Lipinski definition) is 1. The van der Waals surface area contributed by atoms with E-state index in [1.807, 2.05) is 17.4 Å². The first-order chi connectivity index (χ1) is 9.71. The average Bonchev–Trinajstić information content (AvgIpc) is 3.01. The third-order valence-electron chi connectivity index (χ3n) is 3.97. The second kappa shape index (κ2) is 7.13. The third kappa shape index (κ3) is 3.17. The number of thioether (sulfide) groups is 1. The molecule has 1 aromatic rings. The van der Waals surface area contributed by atoms with Crippen LogP contribution >= 0.6 is 11.8 Å². The molecule has 1 N–H and O–H groups in total. The first-order valence-electron chi connectivity index (χ1n) is 7.26. The minimum atomic E-state index is 0.0837. The predicted molar refractivity (Wildman–Crippen MR) is 82.7 cm³/mol. The summed E-state index contributed by atoms with van der Waals surface area (Å²) in [5, 5.41) is 0.0837. The maximum absolute atomic E-state index is 12.5. The van der Waals surface area contributed by atoms with Crippen molar-refractivity contribution >= 4 is 17.7 Å². The molecule has 0 aliphatic carbocycles. The topological polar surface area (TPSA) is 52.2 Å². The molecular formula is C14H24N4OS. The summed E-state index contributed by atoms with van der Waals surface area (Å²) >= 11 is 1.65. The van der Waals surface area contributed by atoms with E-state index in [4.69, 9.17) is 0 Å². The van der Waals surface area contributed by atoms with Crippen LogP contribution in [0.15, 0.2) is 12.4 Å². The molecule has 20 heavy (non-hydrogen) atoms. The fraction of sp³-hybridized carbons (Fsp3) is 0.714. The molecule has 1 aliphatic heterocycles. The Morgan fingerprint density at radius 2 is 2.35 bits per heavy atom. The fourth-order valence-corrected chi connectivity index (χ4v) is 3.45. The van der Waals surface area contributed by atoms with Gasteiger partial charge in [-0.3, -0.25) is 9.69 Å². The lowest BCUT2D eigenvalue weighted by molar-refractivity contribution is -0.133. The highest BCUT2D eigenvalue weighted by molar-refractivity contribution is 7.99. The number of imidazole rings is 1. The van der Waals surface area contributed by atoms with E-state index < -0.39 is 0 Å². The Hall–Kier alpha value is -1.01. The molecule has 0 unspecified atom stereocenters. The molecule has 2 atom stereocenters. The molecule has 0 saturated carbocycles. The van der Waals surface area contributed by atoms with Crippen molar-refractivity contribution in [2.24, 2.45) is 0 Å². The quantitative estimate of drug-likeness (QED) is 0.899. The molecule has 1 amide bonds. The van der Waals surface area contributed by atoms with E-state index in [0.717, 1.165) is 38.4 Å². The van der Waals surface area contributed by atoms with Crippen LogP contribution in [0.5, 0.6) is 0 Å². The summed E-state index contributed by atoms with van der Waals surface area (Å²) in [5.74, 6) is 1.23. The van der Waals surface area contributed by atoms with Crippen molar-refractivity contribution in [3.05, 3.63) is 18.2 Å². The number of piperazine rings is 1. The first kappa shape index (κ1) is 15.4. The SMILES string of the molecule is CC[C@@H](SC)C(=O)N1CCN(CC)[C@H](c2ncc[nH]2)C1. The summed E-state index contributed by atoms with van der Waals surface area (Å²) in [6.07, 6.45) is 6.53. The molecule has 1 aromatic heterocycles. The molecule has 0 aromatic carbocycles. The molecule has 5 nitrogen and oxygen atoms in total. The van der Waals surface area contributed by atoms with Gasteiger partial charge in [0.15, 0.2) is 0 Å². The lowest BCUT2D eigenvalue weighted by Gasteiger charge is -2.41. The Kier molecular flexibility index (Phi) is 5.48. The van der Waals surface area contributed by atoms with Crippen LogP contribution in [0.2, 0.25) is 0 Å². The van der Waals surface area contributed by atoms with E-state index in [9.17, 15) is 4.79 Å². The Morgan fingerprint density at radius 1 is 1.55 bits per heavy atom. The van der Waals surface area contributed by atoms with Crippen molar-refractivity contribution in [3.8, 4) is 0 Å². The summed E-state index contributed by atoms with van der Waals surface area (Å²) in [7, 11) is 0. The van der Waals surface area contributed by atoms with E-state index >= 15 is 0 Å². The van der Waals surface area contributed by atoms with Gasteiger partial charge >= 0.3 is 0 Å². The summed E-state index contributed by atoms with van der Waals surface area (Å²) in [4.78, 5) is 24.5. The van der Waals surface area contributed by atoms with E-state index in [-0.39, 0.29) is 17.2 Å². The normalized spacial score (nSPS) is 21.9. The molecule has 0 radical (unpaired) electrons. The van der Waals surface area contributed by atoms with Crippen LogP contribution in [0, 0.1) is 0 Å². The Balaban J connectivity index is 2.10. The van der Waals surface area contributed by atoms with Gasteiger partial charge in [-0.25, -0.2) is 4.98 Å². The van der Waals surface area contributed by atoms with Gasteiger partial charge in [-0.15, -0.1) is 0 Å². The van der Waals surface area contributed by atoms with Crippen LogP contribution in [-0.4, -0.2) is 63.4 Å². The zero-order valence-corrected chi connectivity index (χ0v) is 13.3. The smallest absolute Gasteiger partial charge is 0.235 e. The number of aromatic nitrogens is 2. The number of carbonyl (C=O) groups is 1. The van der Waals surface area contributed by atoms with Crippen molar-refractivity contribution in [3.63, 3.8) is 0 Å². The van der Waals surface area contributed by atoms with Crippen LogP contribution in [-0.2, 0) is 4.79 Å². The van der Waals surface area contributed by atoms with Crippen LogP contribution in [0.25, 0.3) is 0 Å². The summed E-state index contributed by atoms with van der Waals surface area (Å²) < 4.78 is 0. The number of amides is 1. The number of likely N-dealkylation sites (N-methyl/N-ethyl adjacent to an activating group) is 1. The number of rotatable bonds is 5. The lowest BCUT2D eigenvalue weighted by Crippen LogP contribution is -2.52. The molecule has 1 saturated heterocycles. The van der Waals surface area contributed by atoms with Crippen LogP contribution in [0.3, 0.4) is 0 Å². The highest BCUT2D eigenvalue weighted by atomic mass is 32.2. The van der Waals surface area contributed by atoms with Crippen molar-refractivity contribution in [1.82, 2.24) is 19.8 Å². The highest BCUT2D eigenvalue weighted by Crippen LogP contribution is 2.24. The molecule has 0 spiro atoms. The fourth-order valence-electron chi connectivity index (χ4n) is 2.76. The molecule has 2 heterocycles. The van der Waals surface area contributed by atoms with Gasteiger partial charge in [0.1, 0.15) is 5.82 Å². The number of aromatic amines is 1. The molecule has 1 aliphatic rings. The van der Waals surface area contributed by atoms with E-state index in [1.54, 1.807) is 18.0 Å². The lowest BCUT2D eigenvalue weighted by atomic mass is 10.1. The van der Waals surface area contributed by atoms with Gasteiger partial charge < -0.3 is 9.88 Å². The van der Waals surface area contributed by atoms with Gasteiger partial charge in [0.25, 0.3) is 0 Å². The van der Waals surface area contributed by atoms with Crippen molar-refractivity contribution < 1.29 is 4.79 Å². The van der Waals surface area contributed by atoms with E-state index in [0.29, 0.717) is 0 Å². The maximum Gasteiger partial charge on any atom is 0.235 e. The van der Waals surface area contributed by atoms with Crippen molar-refractivity contribution in [2.75, 3.05) is 32.4 Å². The van der Waals surface area contributed by atoms with Crippen molar-refractivity contribution in [1.29, 1.82) is 0 Å². The van der Waals surface area contributed by atoms with Gasteiger partial charge in [0.05, 0.1) is 11.3 Å². The highest BCUT2D eigenvalue weighted by Gasteiger charge is 2.33. The average molecular weight is 296 g/mol. The van der Waals surface area contributed by atoms with Gasteiger partial charge in [-0.1, -0.05) is 13.8 Å². The number of nitrogens with zero attached hydrogens (tertiary/aromatic N) is 3. The minimum absolute atomic E-state index is 0.0837. The standard InChI is InChI=1S/C14H24N4OS/c1-4-12(20-3)14(19)18-9-8-17(5-2)11(10-18)13-15-6-7-16-13/h6-7,11-12H,4-5,8-10H2,1-3H3,(H,15,16)/t11-,12+/m0/s1. The Bertz CT molecular complexity index is 419. The molecular weight excluding hydrogens is 272 g/mol. The van der Waals surface area contributed by atoms with Crippen LogP contribution in [0.4, 0.5) is 0 Å². The van der Waals surface area contributed by atoms with Crippen LogP contribution in [0.1, 0.15) is 32.1 Å². The molecule has 112 valence electrons. The van der Waals surface area contributed by atoms with E-state index in [2.05, 4.69) is 28.7 Å². The van der Waals surface area contributed by atoms with Crippen LogP contribution < -0.4 is 0 Å². The number of H-pyrrole nitrogens is 1. The maximum atomic E-state index is 12.5. The summed E-state index contributed by atoms with van der Waals surface area (Å²) in [5.41, 5.74) is 0. The van der Waals surface area contributed by atoms with Gasteiger partial charge in [-0.2, -0.15) is 11.8 Å². The van der Waals surface area contributed by atoms with Gasteiger partial charge in [-0.05, 0) is 19.2 Å². The van der Waals surface area contributed by atoms with Gasteiger partial charge in [0.2, 0.25) is 5.91 Å². The van der Waals surface area contributed by atoms with Gasteiger partial charge in [0, 0.05) is 32.0 Å². The third-order valence-corrected chi connectivity index (χ3v) is 5.08. The molecule has 0 bridgehead atoms. The first-order valence-corrected chi connectivity index (χ1v) is 8.54. The largest absolute Gasteiger partial charge is 0.347 e. The second-order valence-electron chi connectivity index (χ2n) is 5.04. The number of nitrogens with one attached hydrogen (secondary N) is 1. The molecule has 6 heteroatoms. The summed E-state index contributed by atoms with van der Waals surface area (Å²) in [6, 6.07) is 0.187. The Labute approximate surface area is 125 Å². The van der Waals surface area contributed by atoms with E-state index in [1.165, 1.54) is 0 Å². The minimum Gasteiger partial charge on any atom is -0.347 e. The number of hydrogen-bond acceptors (Lipinski definition) is 4. The second-order valence-corrected chi connectivity index (χ2v) is 6.08. The summed E-state index contributed by atoms with van der Waals surface area (Å²) in [6.45, 7) is 7.68. The molecule has 2 rings (SSSR count). The zero-order chi connectivity index (χ0) is 14.5. The monoisotopic (exact) mass is 296 g/mol. The molecule has 1 fully saturated rings. The number of carbonyl (C=O) groups excluding carboxylic acids is 1. The Morgan fingerprint density at radius 3 is 2.90 bits per heavy atom.